The molecule has 57 valence electrons. The van der Waals surface area contributed by atoms with Crippen LogP contribution in [0.5, 0.6) is 0 Å². The molecule has 1 aliphatic rings. The Morgan fingerprint density at radius 1 is 1.60 bits per heavy atom. The fourth-order valence-electron chi connectivity index (χ4n) is 0.680. The number of halogens is 3. The predicted molar refractivity (Wildman–Crippen MR) is 24.8 cm³/mol. The lowest BCUT2D eigenvalue weighted by Gasteiger charge is -2.08. The topological polar surface area (TPSA) is 26.3 Å². The second-order valence-corrected chi connectivity index (χ2v) is 1.89. The maximum Gasteiger partial charge on any atom is 0.402 e. The number of rotatable bonds is 0. The standard InChI is InChI=1S/C5H4F3O2/c6-5(7,8)3-1-2-10-4(3)9/h1,3H,2H2. The summed E-state index contributed by atoms with van der Waals surface area (Å²) in [5.74, 6) is -3.21. The highest BCUT2D eigenvalue weighted by Crippen LogP contribution is 2.32. The van der Waals surface area contributed by atoms with E-state index >= 15 is 0 Å². The Morgan fingerprint density at radius 3 is 2.40 bits per heavy atom. The Morgan fingerprint density at radius 2 is 2.20 bits per heavy atom. The number of ether oxygens (including phenoxy) is 1. The first-order valence-corrected chi connectivity index (χ1v) is 2.58. The molecule has 0 amide bonds. The second-order valence-electron chi connectivity index (χ2n) is 1.89. The normalized spacial score (nSPS) is 26.7. The molecule has 1 radical (unpaired) electrons. The van der Waals surface area contributed by atoms with Crippen LogP contribution < -0.4 is 0 Å². The molecule has 2 nitrogen and oxygen atoms in total. The van der Waals surface area contributed by atoms with E-state index in [1.54, 1.807) is 0 Å². The number of esters is 1. The first-order chi connectivity index (χ1) is 4.52. The molecule has 1 fully saturated rings. The van der Waals surface area contributed by atoms with Crippen LogP contribution in [0.25, 0.3) is 0 Å². The lowest BCUT2D eigenvalue weighted by atomic mass is 10.1. The molecule has 0 aliphatic carbocycles. The van der Waals surface area contributed by atoms with Gasteiger partial charge in [-0.25, -0.2) is 0 Å². The monoisotopic (exact) mass is 153 g/mol. The summed E-state index contributed by atoms with van der Waals surface area (Å²) in [6.45, 7) is -0.233. The molecule has 1 heterocycles. The van der Waals surface area contributed by atoms with Crippen LogP contribution in [0.3, 0.4) is 0 Å². The van der Waals surface area contributed by atoms with Crippen LogP contribution >= 0.6 is 0 Å². The quantitative estimate of drug-likeness (QED) is 0.484. The maximum atomic E-state index is 11.7. The highest BCUT2D eigenvalue weighted by Gasteiger charge is 2.48. The molecule has 1 aliphatic heterocycles. The summed E-state index contributed by atoms with van der Waals surface area (Å²) in [5.41, 5.74) is 0. The van der Waals surface area contributed by atoms with E-state index in [4.69, 9.17) is 0 Å². The molecular weight excluding hydrogens is 149 g/mol. The van der Waals surface area contributed by atoms with Crippen molar-refractivity contribution in [3.63, 3.8) is 0 Å². The van der Waals surface area contributed by atoms with Crippen molar-refractivity contribution in [3.8, 4) is 0 Å². The third kappa shape index (κ3) is 1.22. The molecule has 0 aromatic rings. The van der Waals surface area contributed by atoms with E-state index in [1.165, 1.54) is 0 Å². The van der Waals surface area contributed by atoms with Crippen LogP contribution in [-0.2, 0) is 9.53 Å². The zero-order chi connectivity index (χ0) is 7.78. The van der Waals surface area contributed by atoms with Gasteiger partial charge in [0.15, 0.2) is 5.92 Å². The lowest BCUT2D eigenvalue weighted by molar-refractivity contribution is -0.180. The largest absolute Gasteiger partial charge is 0.465 e. The van der Waals surface area contributed by atoms with E-state index in [-0.39, 0.29) is 6.61 Å². The molecule has 0 N–H and O–H groups in total. The fraction of sp³-hybridized carbons (Fsp3) is 0.600. The average Bonchev–Trinajstić information content (AvgIpc) is 2.11. The Labute approximate surface area is 55.0 Å². The number of hydrogen-bond acceptors (Lipinski definition) is 2. The van der Waals surface area contributed by atoms with Gasteiger partial charge in [-0.05, 0) is 0 Å². The van der Waals surface area contributed by atoms with Crippen LogP contribution in [0.2, 0.25) is 0 Å². The zero-order valence-electron chi connectivity index (χ0n) is 4.81. The molecule has 0 spiro atoms. The van der Waals surface area contributed by atoms with E-state index in [0.717, 1.165) is 6.42 Å². The SMILES string of the molecule is O=C1OC[CH]C1C(F)(F)F. The molecule has 5 heteroatoms. The van der Waals surface area contributed by atoms with Crippen LogP contribution in [0.15, 0.2) is 0 Å². The van der Waals surface area contributed by atoms with E-state index in [1.807, 2.05) is 0 Å². The molecule has 0 aromatic carbocycles. The molecular formula is C5H4F3O2. The predicted octanol–water partition coefficient (Wildman–Crippen LogP) is 0.926. The first-order valence-electron chi connectivity index (χ1n) is 2.58. The van der Waals surface area contributed by atoms with Gasteiger partial charge in [-0.2, -0.15) is 13.2 Å². The molecule has 0 bridgehead atoms. The smallest absolute Gasteiger partial charge is 0.402 e. The van der Waals surface area contributed by atoms with Crippen molar-refractivity contribution in [1.82, 2.24) is 0 Å². The molecule has 10 heavy (non-hydrogen) atoms. The summed E-state index contributed by atoms with van der Waals surface area (Å²) >= 11 is 0. The van der Waals surface area contributed by atoms with Crippen molar-refractivity contribution in [1.29, 1.82) is 0 Å². The Kier molecular flexibility index (Phi) is 1.58. The highest BCUT2D eigenvalue weighted by atomic mass is 19.4. The van der Waals surface area contributed by atoms with Crippen LogP contribution in [0, 0.1) is 12.3 Å². The third-order valence-electron chi connectivity index (χ3n) is 1.16. The highest BCUT2D eigenvalue weighted by molar-refractivity contribution is 5.77. The number of hydrogen-bond donors (Lipinski definition) is 0. The minimum atomic E-state index is -4.48. The summed E-state index contributed by atoms with van der Waals surface area (Å²) < 4.78 is 39.1. The van der Waals surface area contributed by atoms with Crippen molar-refractivity contribution in [2.45, 2.75) is 6.18 Å². The number of carbonyl (C=O) groups excluding carboxylic acids is 1. The molecule has 0 saturated carbocycles. The zero-order valence-corrected chi connectivity index (χ0v) is 4.81. The Balaban J connectivity index is 2.64. The van der Waals surface area contributed by atoms with Gasteiger partial charge in [-0.15, -0.1) is 0 Å². The summed E-state index contributed by atoms with van der Waals surface area (Å²) in [6, 6.07) is 0. The average molecular weight is 153 g/mol. The minimum Gasteiger partial charge on any atom is -0.465 e. The Bertz CT molecular complexity index is 151. The van der Waals surface area contributed by atoms with Gasteiger partial charge >= 0.3 is 12.1 Å². The van der Waals surface area contributed by atoms with E-state index < -0.39 is 18.1 Å². The molecule has 1 atom stereocenters. The molecule has 0 aromatic heterocycles. The number of cyclic esters (lactones) is 1. The van der Waals surface area contributed by atoms with Crippen molar-refractivity contribution in [2.75, 3.05) is 6.61 Å². The van der Waals surface area contributed by atoms with Crippen molar-refractivity contribution in [3.05, 3.63) is 6.42 Å². The third-order valence-corrected chi connectivity index (χ3v) is 1.16. The van der Waals surface area contributed by atoms with Gasteiger partial charge in [0.05, 0.1) is 6.61 Å². The van der Waals surface area contributed by atoms with Gasteiger partial charge in [0, 0.05) is 6.42 Å². The number of alkyl halides is 3. The fourth-order valence-corrected chi connectivity index (χ4v) is 0.680. The van der Waals surface area contributed by atoms with Crippen LogP contribution in [0.1, 0.15) is 0 Å². The van der Waals surface area contributed by atoms with Crippen LogP contribution in [0.4, 0.5) is 13.2 Å². The van der Waals surface area contributed by atoms with Gasteiger partial charge in [-0.3, -0.25) is 4.79 Å². The minimum absolute atomic E-state index is 0.233. The molecule has 1 saturated heterocycles. The second kappa shape index (κ2) is 2.14. The van der Waals surface area contributed by atoms with Gasteiger partial charge in [0.25, 0.3) is 0 Å². The number of carbonyl (C=O) groups is 1. The van der Waals surface area contributed by atoms with E-state index in [2.05, 4.69) is 4.74 Å². The van der Waals surface area contributed by atoms with Gasteiger partial charge in [-0.1, -0.05) is 0 Å². The van der Waals surface area contributed by atoms with Gasteiger partial charge in [0.2, 0.25) is 0 Å². The van der Waals surface area contributed by atoms with E-state index in [0.29, 0.717) is 0 Å². The summed E-state index contributed by atoms with van der Waals surface area (Å²) in [7, 11) is 0. The van der Waals surface area contributed by atoms with Gasteiger partial charge < -0.3 is 4.74 Å². The molecule has 1 unspecified atom stereocenters. The summed E-state index contributed by atoms with van der Waals surface area (Å²) in [6.07, 6.45) is -3.67. The van der Waals surface area contributed by atoms with Gasteiger partial charge in [0.1, 0.15) is 0 Å². The first kappa shape index (κ1) is 7.37. The lowest BCUT2D eigenvalue weighted by Crippen LogP contribution is -2.26. The van der Waals surface area contributed by atoms with Crippen LogP contribution in [-0.4, -0.2) is 18.8 Å². The summed E-state index contributed by atoms with van der Waals surface area (Å²) in [5, 5.41) is 0. The van der Waals surface area contributed by atoms with Crippen molar-refractivity contribution < 1.29 is 22.7 Å². The molecule has 1 rings (SSSR count). The van der Waals surface area contributed by atoms with Crippen molar-refractivity contribution in [2.24, 2.45) is 5.92 Å². The maximum absolute atomic E-state index is 11.7. The van der Waals surface area contributed by atoms with Crippen molar-refractivity contribution >= 4 is 5.97 Å². The van der Waals surface area contributed by atoms with E-state index in [9.17, 15) is 18.0 Å². The summed E-state index contributed by atoms with van der Waals surface area (Å²) in [4.78, 5) is 10.2. The Hall–Kier alpha value is -0.740.